The highest BCUT2D eigenvalue weighted by Crippen LogP contribution is 2.48. The van der Waals surface area contributed by atoms with Crippen molar-refractivity contribution in [2.75, 3.05) is 5.73 Å². The molecular weight excluding hydrogens is 330 g/mol. The lowest BCUT2D eigenvalue weighted by molar-refractivity contribution is 1.26. The van der Waals surface area contributed by atoms with Crippen molar-refractivity contribution < 1.29 is 0 Å². The molecular formula is C21H12ClN3. The highest BCUT2D eigenvalue weighted by Gasteiger charge is 2.30. The van der Waals surface area contributed by atoms with Gasteiger partial charge in [-0.1, -0.05) is 54.1 Å². The van der Waals surface area contributed by atoms with Crippen molar-refractivity contribution in [3.8, 4) is 34.4 Å². The average Bonchev–Trinajstić information content (AvgIpc) is 3.01. The van der Waals surface area contributed by atoms with Crippen LogP contribution in [0.4, 0.5) is 5.69 Å². The van der Waals surface area contributed by atoms with Crippen LogP contribution in [-0.4, -0.2) is 0 Å². The number of nitrogens with zero attached hydrogens (tertiary/aromatic N) is 2. The second kappa shape index (κ2) is 5.67. The van der Waals surface area contributed by atoms with Gasteiger partial charge in [-0.3, -0.25) is 0 Å². The summed E-state index contributed by atoms with van der Waals surface area (Å²) < 4.78 is 0. The van der Waals surface area contributed by atoms with Gasteiger partial charge < -0.3 is 5.73 Å². The number of fused-ring (bicyclic) bond motifs is 3. The fraction of sp³-hybridized carbons (Fsp3) is 0.0476. The predicted octanol–water partition coefficient (Wildman–Crippen LogP) is 4.90. The Morgan fingerprint density at radius 3 is 2.04 bits per heavy atom. The molecule has 3 aromatic rings. The van der Waals surface area contributed by atoms with E-state index in [9.17, 15) is 10.5 Å². The van der Waals surface area contributed by atoms with E-state index in [1.165, 1.54) is 0 Å². The van der Waals surface area contributed by atoms with Gasteiger partial charge in [-0.25, -0.2) is 0 Å². The Bertz CT molecular complexity index is 1120. The summed E-state index contributed by atoms with van der Waals surface area (Å²) >= 11 is 6.41. The molecule has 25 heavy (non-hydrogen) atoms. The van der Waals surface area contributed by atoms with Crippen molar-refractivity contribution >= 4 is 17.3 Å². The van der Waals surface area contributed by atoms with E-state index >= 15 is 0 Å². The Kier molecular flexibility index (Phi) is 3.46. The van der Waals surface area contributed by atoms with Crippen molar-refractivity contribution in [1.82, 2.24) is 0 Å². The van der Waals surface area contributed by atoms with E-state index < -0.39 is 0 Å². The maximum absolute atomic E-state index is 9.74. The zero-order valence-corrected chi connectivity index (χ0v) is 13.9. The first kappa shape index (κ1) is 15.3. The second-order valence-electron chi connectivity index (χ2n) is 5.93. The Hall–Kier alpha value is -3.27. The van der Waals surface area contributed by atoms with Crippen molar-refractivity contribution in [2.45, 2.75) is 6.42 Å². The lowest BCUT2D eigenvalue weighted by Crippen LogP contribution is -2.03. The van der Waals surface area contributed by atoms with Crippen LogP contribution in [0.25, 0.3) is 22.3 Å². The first-order chi connectivity index (χ1) is 12.2. The molecule has 0 saturated carbocycles. The lowest BCUT2D eigenvalue weighted by Gasteiger charge is -2.16. The van der Waals surface area contributed by atoms with Gasteiger partial charge in [0.15, 0.2) is 0 Å². The molecule has 0 atom stereocenters. The quantitative estimate of drug-likeness (QED) is 0.500. The van der Waals surface area contributed by atoms with E-state index in [2.05, 4.69) is 12.1 Å². The third-order valence-corrected chi connectivity index (χ3v) is 4.99. The molecule has 0 bridgehead atoms. The molecule has 3 nitrogen and oxygen atoms in total. The molecule has 0 radical (unpaired) electrons. The molecule has 1 aliphatic carbocycles. The van der Waals surface area contributed by atoms with Crippen LogP contribution >= 0.6 is 11.6 Å². The van der Waals surface area contributed by atoms with Gasteiger partial charge >= 0.3 is 0 Å². The first-order valence-electron chi connectivity index (χ1n) is 7.79. The number of nitrogens with two attached hydrogens (primary N) is 1. The summed E-state index contributed by atoms with van der Waals surface area (Å²) in [6.07, 6.45) is 0.649. The number of hydrogen-bond acceptors (Lipinski definition) is 3. The molecule has 3 aromatic carbocycles. The largest absolute Gasteiger partial charge is 0.397 e. The Morgan fingerprint density at radius 2 is 1.40 bits per heavy atom. The summed E-state index contributed by atoms with van der Waals surface area (Å²) in [4.78, 5) is 0. The molecule has 118 valence electrons. The van der Waals surface area contributed by atoms with Crippen LogP contribution in [0.2, 0.25) is 5.02 Å². The van der Waals surface area contributed by atoms with Crippen LogP contribution < -0.4 is 5.73 Å². The molecule has 0 heterocycles. The number of nitriles is 2. The topological polar surface area (TPSA) is 73.6 Å². The van der Waals surface area contributed by atoms with Gasteiger partial charge in [0.05, 0.1) is 16.8 Å². The molecule has 0 spiro atoms. The summed E-state index contributed by atoms with van der Waals surface area (Å²) in [5, 5.41) is 20.0. The molecule has 4 rings (SSSR count). The van der Waals surface area contributed by atoms with Gasteiger partial charge in [0.1, 0.15) is 12.1 Å². The van der Waals surface area contributed by atoms with Crippen LogP contribution in [0.1, 0.15) is 22.3 Å². The number of rotatable bonds is 1. The number of benzene rings is 3. The fourth-order valence-corrected chi connectivity index (χ4v) is 3.83. The van der Waals surface area contributed by atoms with E-state index in [-0.39, 0.29) is 5.69 Å². The lowest BCUT2D eigenvalue weighted by atomic mass is 9.87. The second-order valence-corrected chi connectivity index (χ2v) is 6.34. The molecule has 4 heteroatoms. The Morgan fingerprint density at radius 1 is 0.840 bits per heavy atom. The van der Waals surface area contributed by atoms with Gasteiger partial charge in [0.25, 0.3) is 0 Å². The zero-order chi connectivity index (χ0) is 17.6. The highest BCUT2D eigenvalue weighted by molar-refractivity contribution is 6.33. The standard InChI is InChI=1S/C21H12ClN3/c22-18-8-4-3-7-14(18)20-15-9-12-5-1-2-6-13(12)19(15)16(10-23)21(25)17(20)11-24/h1-8H,9,25H2. The van der Waals surface area contributed by atoms with E-state index in [4.69, 9.17) is 17.3 Å². The number of hydrogen-bond donors (Lipinski definition) is 1. The molecule has 0 aromatic heterocycles. The number of anilines is 1. The summed E-state index contributed by atoms with van der Waals surface area (Å²) in [7, 11) is 0. The van der Waals surface area contributed by atoms with Crippen LogP contribution in [0.5, 0.6) is 0 Å². The Balaban J connectivity index is 2.19. The summed E-state index contributed by atoms with van der Waals surface area (Å²) in [6, 6.07) is 19.7. The van der Waals surface area contributed by atoms with Crippen LogP contribution in [-0.2, 0) is 6.42 Å². The van der Waals surface area contributed by atoms with Gasteiger partial charge in [0.2, 0.25) is 0 Å². The molecule has 0 aliphatic heterocycles. The third-order valence-electron chi connectivity index (χ3n) is 4.66. The zero-order valence-electron chi connectivity index (χ0n) is 13.2. The van der Waals surface area contributed by atoms with Crippen molar-refractivity contribution in [3.05, 3.63) is 75.8 Å². The highest BCUT2D eigenvalue weighted by atomic mass is 35.5. The normalized spacial score (nSPS) is 11.3. The SMILES string of the molecule is N#Cc1c(N)c(C#N)c2c(c1-c1ccccc1Cl)Cc1ccccc1-2. The Labute approximate surface area is 150 Å². The first-order valence-corrected chi connectivity index (χ1v) is 8.16. The van der Waals surface area contributed by atoms with E-state index in [0.29, 0.717) is 22.6 Å². The van der Waals surface area contributed by atoms with Gasteiger partial charge in [-0.05, 0) is 29.2 Å². The summed E-state index contributed by atoms with van der Waals surface area (Å²) in [5.41, 5.74) is 12.5. The molecule has 1 aliphatic rings. The number of halogens is 1. The minimum absolute atomic E-state index is 0.218. The van der Waals surface area contributed by atoms with Gasteiger partial charge in [-0.15, -0.1) is 0 Å². The van der Waals surface area contributed by atoms with E-state index in [0.717, 1.165) is 33.4 Å². The molecule has 0 amide bonds. The van der Waals surface area contributed by atoms with Crippen LogP contribution in [0.3, 0.4) is 0 Å². The minimum atomic E-state index is 0.218. The van der Waals surface area contributed by atoms with Crippen LogP contribution in [0.15, 0.2) is 48.5 Å². The molecule has 0 unspecified atom stereocenters. The maximum atomic E-state index is 9.74. The van der Waals surface area contributed by atoms with Crippen molar-refractivity contribution in [3.63, 3.8) is 0 Å². The van der Waals surface area contributed by atoms with E-state index in [1.54, 1.807) is 6.07 Å². The minimum Gasteiger partial charge on any atom is -0.397 e. The third kappa shape index (κ3) is 2.11. The maximum Gasteiger partial charge on any atom is 0.102 e. The summed E-state index contributed by atoms with van der Waals surface area (Å²) in [5.74, 6) is 0. The van der Waals surface area contributed by atoms with Crippen LogP contribution in [0, 0.1) is 22.7 Å². The van der Waals surface area contributed by atoms with Gasteiger partial charge in [0, 0.05) is 21.7 Å². The molecule has 0 saturated heterocycles. The van der Waals surface area contributed by atoms with Crippen molar-refractivity contribution in [1.29, 1.82) is 10.5 Å². The smallest absolute Gasteiger partial charge is 0.102 e. The monoisotopic (exact) mass is 341 g/mol. The van der Waals surface area contributed by atoms with E-state index in [1.807, 2.05) is 42.5 Å². The molecule has 2 N–H and O–H groups in total. The summed E-state index contributed by atoms with van der Waals surface area (Å²) in [6.45, 7) is 0. The average molecular weight is 342 g/mol. The molecule has 0 fully saturated rings. The number of nitrogen functional groups attached to an aromatic ring is 1. The van der Waals surface area contributed by atoms with Gasteiger partial charge in [-0.2, -0.15) is 10.5 Å². The van der Waals surface area contributed by atoms with Crippen molar-refractivity contribution in [2.24, 2.45) is 0 Å². The fourth-order valence-electron chi connectivity index (χ4n) is 3.60. The predicted molar refractivity (Wildman–Crippen MR) is 99.0 cm³/mol.